The number of pyridine rings is 1. The van der Waals surface area contributed by atoms with Gasteiger partial charge in [-0.2, -0.15) is 5.10 Å². The fourth-order valence-corrected chi connectivity index (χ4v) is 4.41. The number of anilines is 2. The Bertz CT molecular complexity index is 1100. The molecule has 5 rings (SSSR count). The van der Waals surface area contributed by atoms with E-state index >= 15 is 0 Å². The van der Waals surface area contributed by atoms with Crippen LogP contribution in [0.25, 0.3) is 10.8 Å². The average Bonchev–Trinajstić information content (AvgIpc) is 2.85. The number of fused-ring (bicyclic) bond motifs is 1. The fourth-order valence-electron chi connectivity index (χ4n) is 4.41. The second kappa shape index (κ2) is 8.86. The molecule has 1 atom stereocenters. The quantitative estimate of drug-likeness (QED) is 0.691. The van der Waals surface area contributed by atoms with Crippen LogP contribution in [0.5, 0.6) is 0 Å². The van der Waals surface area contributed by atoms with Gasteiger partial charge in [0.25, 0.3) is 0 Å². The van der Waals surface area contributed by atoms with Crippen molar-refractivity contribution in [2.75, 3.05) is 36.0 Å². The maximum Gasteiger partial charge on any atom is 0.159 e. The Balaban J connectivity index is 1.34. The van der Waals surface area contributed by atoms with Crippen LogP contribution >= 0.6 is 0 Å². The monoisotopic (exact) mass is 413 g/mol. The molecule has 0 amide bonds. The van der Waals surface area contributed by atoms with Gasteiger partial charge in [0, 0.05) is 43.1 Å². The third-order valence-corrected chi connectivity index (χ3v) is 6.16. The maximum atomic E-state index is 9.22. The number of allylic oxidation sites excluding steroid dienone is 4. The number of piperazine rings is 1. The normalized spacial score (nSPS) is 18.7. The van der Waals surface area contributed by atoms with Gasteiger partial charge >= 0.3 is 0 Å². The number of hydrogen-bond acceptors (Lipinski definition) is 6. The highest BCUT2D eigenvalue weighted by atomic mass is 16.3. The number of aliphatic hydroxyl groups is 1. The highest BCUT2D eigenvalue weighted by molar-refractivity contribution is 5.93. The van der Waals surface area contributed by atoms with Crippen molar-refractivity contribution in [2.45, 2.75) is 19.4 Å². The minimum atomic E-state index is 0.0243. The number of aromatic nitrogens is 3. The molecule has 0 radical (unpaired) electrons. The van der Waals surface area contributed by atoms with Gasteiger partial charge in [0.1, 0.15) is 5.82 Å². The summed E-state index contributed by atoms with van der Waals surface area (Å²) in [6, 6.07) is 12.4. The largest absolute Gasteiger partial charge is 0.392 e. The third-order valence-electron chi connectivity index (χ3n) is 6.16. The lowest BCUT2D eigenvalue weighted by Gasteiger charge is -2.36. The van der Waals surface area contributed by atoms with E-state index in [1.165, 1.54) is 10.8 Å². The zero-order valence-corrected chi connectivity index (χ0v) is 17.6. The van der Waals surface area contributed by atoms with Crippen LogP contribution in [0, 0.1) is 5.92 Å². The van der Waals surface area contributed by atoms with Crippen molar-refractivity contribution in [3.8, 4) is 0 Å². The number of rotatable bonds is 5. The summed E-state index contributed by atoms with van der Waals surface area (Å²) >= 11 is 0. The Labute approximate surface area is 182 Å². The van der Waals surface area contributed by atoms with Gasteiger partial charge in [-0.05, 0) is 30.4 Å². The lowest BCUT2D eigenvalue weighted by molar-refractivity contribution is 0.281. The summed E-state index contributed by atoms with van der Waals surface area (Å²) in [5.74, 6) is 2.42. The molecule has 1 unspecified atom stereocenters. The summed E-state index contributed by atoms with van der Waals surface area (Å²) in [5.41, 5.74) is 1.92. The molecule has 2 aliphatic rings. The molecule has 6 nitrogen and oxygen atoms in total. The van der Waals surface area contributed by atoms with Gasteiger partial charge in [-0.1, -0.05) is 54.6 Å². The molecule has 1 aliphatic carbocycles. The smallest absolute Gasteiger partial charge is 0.159 e. The Morgan fingerprint density at radius 2 is 1.71 bits per heavy atom. The minimum Gasteiger partial charge on any atom is -0.392 e. The summed E-state index contributed by atoms with van der Waals surface area (Å²) < 4.78 is 0. The highest BCUT2D eigenvalue weighted by Crippen LogP contribution is 2.29. The maximum absolute atomic E-state index is 9.22. The van der Waals surface area contributed by atoms with Crippen molar-refractivity contribution >= 4 is 22.4 Å². The van der Waals surface area contributed by atoms with Crippen LogP contribution in [-0.2, 0) is 13.0 Å². The molecular weight excluding hydrogens is 386 g/mol. The van der Waals surface area contributed by atoms with Crippen LogP contribution < -0.4 is 9.80 Å². The van der Waals surface area contributed by atoms with Gasteiger partial charge in [-0.3, -0.25) is 0 Å². The van der Waals surface area contributed by atoms with E-state index in [4.69, 9.17) is 0 Å². The Hall–Kier alpha value is -3.25. The number of nitrogens with zero attached hydrogens (tertiary/aromatic N) is 5. The topological polar surface area (TPSA) is 65.4 Å². The van der Waals surface area contributed by atoms with Crippen LogP contribution in [0.4, 0.5) is 11.6 Å². The second-order valence-electron chi connectivity index (χ2n) is 8.19. The molecule has 2 aromatic heterocycles. The molecule has 0 bridgehead atoms. The molecule has 3 heterocycles. The molecular formula is C25H27N5O. The van der Waals surface area contributed by atoms with E-state index in [1.807, 2.05) is 12.1 Å². The zero-order valence-electron chi connectivity index (χ0n) is 17.6. The predicted octanol–water partition coefficient (Wildman–Crippen LogP) is 3.52. The SMILES string of the molecule is OCc1ccc(N2CCN(c3nnc(CC4C=CC=CC4)c4ccccc34)CC2)nc1. The van der Waals surface area contributed by atoms with E-state index in [0.29, 0.717) is 5.92 Å². The number of benzene rings is 1. The summed E-state index contributed by atoms with van der Waals surface area (Å²) in [7, 11) is 0. The van der Waals surface area contributed by atoms with Crippen molar-refractivity contribution in [1.82, 2.24) is 15.2 Å². The lowest BCUT2D eigenvalue weighted by Crippen LogP contribution is -2.47. The van der Waals surface area contributed by atoms with Crippen LogP contribution in [-0.4, -0.2) is 46.5 Å². The van der Waals surface area contributed by atoms with Crippen molar-refractivity contribution in [3.63, 3.8) is 0 Å². The first-order chi connectivity index (χ1) is 15.3. The van der Waals surface area contributed by atoms with E-state index < -0.39 is 0 Å². The first-order valence-corrected chi connectivity index (χ1v) is 10.9. The van der Waals surface area contributed by atoms with Gasteiger partial charge in [-0.25, -0.2) is 4.98 Å². The zero-order chi connectivity index (χ0) is 21.0. The third kappa shape index (κ3) is 4.16. The first kappa shape index (κ1) is 19.7. The highest BCUT2D eigenvalue weighted by Gasteiger charge is 2.22. The summed E-state index contributed by atoms with van der Waals surface area (Å²) in [4.78, 5) is 9.11. The number of aliphatic hydroxyl groups excluding tert-OH is 1. The van der Waals surface area contributed by atoms with Crippen LogP contribution in [0.2, 0.25) is 0 Å². The van der Waals surface area contributed by atoms with Crippen molar-refractivity contribution < 1.29 is 5.11 Å². The molecule has 158 valence electrons. The molecule has 1 N–H and O–H groups in total. The average molecular weight is 414 g/mol. The molecule has 3 aromatic rings. The molecule has 6 heteroatoms. The van der Waals surface area contributed by atoms with E-state index in [0.717, 1.165) is 61.9 Å². The molecule has 1 fully saturated rings. The first-order valence-electron chi connectivity index (χ1n) is 10.9. The Morgan fingerprint density at radius 1 is 0.903 bits per heavy atom. The van der Waals surface area contributed by atoms with Crippen LogP contribution in [0.3, 0.4) is 0 Å². The fraction of sp³-hybridized carbons (Fsp3) is 0.320. The summed E-state index contributed by atoms with van der Waals surface area (Å²) in [5, 5.41) is 21.0. The van der Waals surface area contributed by atoms with Gasteiger partial charge in [0.2, 0.25) is 0 Å². The van der Waals surface area contributed by atoms with Gasteiger partial charge < -0.3 is 14.9 Å². The molecule has 31 heavy (non-hydrogen) atoms. The molecule has 1 aromatic carbocycles. The number of hydrogen-bond donors (Lipinski definition) is 1. The van der Waals surface area contributed by atoms with Gasteiger partial charge in [-0.15, -0.1) is 5.10 Å². The lowest BCUT2D eigenvalue weighted by atomic mass is 9.94. The van der Waals surface area contributed by atoms with Gasteiger partial charge in [0.05, 0.1) is 12.3 Å². The Kier molecular flexibility index (Phi) is 5.63. The van der Waals surface area contributed by atoms with E-state index in [1.54, 1.807) is 6.20 Å². The second-order valence-corrected chi connectivity index (χ2v) is 8.19. The summed E-state index contributed by atoms with van der Waals surface area (Å²) in [6.07, 6.45) is 12.5. The molecule has 1 aliphatic heterocycles. The van der Waals surface area contributed by atoms with E-state index in [-0.39, 0.29) is 6.61 Å². The van der Waals surface area contributed by atoms with Crippen molar-refractivity contribution in [1.29, 1.82) is 0 Å². The molecule has 0 saturated carbocycles. The van der Waals surface area contributed by atoms with Crippen molar-refractivity contribution in [2.24, 2.45) is 5.92 Å². The minimum absolute atomic E-state index is 0.0243. The Morgan fingerprint density at radius 3 is 2.42 bits per heavy atom. The summed E-state index contributed by atoms with van der Waals surface area (Å²) in [6.45, 7) is 3.52. The predicted molar refractivity (Wildman–Crippen MR) is 124 cm³/mol. The molecule has 0 spiro atoms. The van der Waals surface area contributed by atoms with Crippen molar-refractivity contribution in [3.05, 3.63) is 78.2 Å². The van der Waals surface area contributed by atoms with Gasteiger partial charge in [0.15, 0.2) is 5.82 Å². The van der Waals surface area contributed by atoms with Crippen LogP contribution in [0.15, 0.2) is 66.9 Å². The van der Waals surface area contributed by atoms with Crippen LogP contribution in [0.1, 0.15) is 17.7 Å². The molecule has 1 saturated heterocycles. The van der Waals surface area contributed by atoms with E-state index in [9.17, 15) is 5.11 Å². The van der Waals surface area contributed by atoms with E-state index in [2.05, 4.69) is 73.6 Å². The standard InChI is InChI=1S/C25H27N5O/c31-18-20-10-11-24(26-17-20)29-12-14-30(15-13-29)25-22-9-5-4-8-21(22)23(27-28-25)16-19-6-2-1-3-7-19/h1-6,8-11,17,19,31H,7,12-16,18H2.